The zero-order valence-corrected chi connectivity index (χ0v) is 15.3. The van der Waals surface area contributed by atoms with Crippen LogP contribution in [0.15, 0.2) is 24.3 Å². The molecule has 0 aliphatic carbocycles. The van der Waals surface area contributed by atoms with E-state index in [1.807, 2.05) is 25.8 Å². The van der Waals surface area contributed by atoms with Crippen molar-refractivity contribution in [2.75, 3.05) is 20.1 Å². The number of rotatable bonds is 5. The maximum absolute atomic E-state index is 12.9. The van der Waals surface area contributed by atoms with Gasteiger partial charge in [-0.25, -0.2) is 0 Å². The number of benzene rings is 1. The highest BCUT2D eigenvalue weighted by atomic mass is 35.5. The van der Waals surface area contributed by atoms with Crippen LogP contribution in [0, 0.1) is 5.92 Å². The van der Waals surface area contributed by atoms with Crippen LogP contribution in [0.3, 0.4) is 0 Å². The Hall–Kier alpha value is -1.59. The molecular formula is C18H26ClN3O2. The lowest BCUT2D eigenvalue weighted by atomic mass is 9.99. The monoisotopic (exact) mass is 351 g/mol. The average molecular weight is 352 g/mol. The second kappa shape index (κ2) is 8.49. The van der Waals surface area contributed by atoms with E-state index < -0.39 is 6.04 Å². The minimum atomic E-state index is -0.524. The van der Waals surface area contributed by atoms with E-state index in [2.05, 4.69) is 10.6 Å². The molecule has 132 valence electrons. The van der Waals surface area contributed by atoms with Gasteiger partial charge in [-0.15, -0.1) is 0 Å². The molecule has 1 saturated heterocycles. The van der Waals surface area contributed by atoms with Crippen LogP contribution in [-0.2, 0) is 4.79 Å². The van der Waals surface area contributed by atoms with Gasteiger partial charge in [0.05, 0.1) is 0 Å². The number of halogens is 1. The number of likely N-dealkylation sites (N-methyl/N-ethyl adjacent to an activating group) is 1. The first-order chi connectivity index (χ1) is 11.4. The molecule has 2 N–H and O–H groups in total. The molecule has 1 fully saturated rings. The van der Waals surface area contributed by atoms with Crippen molar-refractivity contribution in [1.29, 1.82) is 0 Å². The quantitative estimate of drug-likeness (QED) is 0.855. The molecule has 5 nitrogen and oxygen atoms in total. The van der Waals surface area contributed by atoms with Crippen molar-refractivity contribution >= 4 is 23.4 Å². The van der Waals surface area contributed by atoms with Crippen LogP contribution in [0.4, 0.5) is 0 Å². The number of amides is 2. The molecule has 1 aromatic carbocycles. The molecule has 1 aromatic rings. The Morgan fingerprint density at radius 1 is 1.25 bits per heavy atom. The summed E-state index contributed by atoms with van der Waals surface area (Å²) in [7, 11) is 1.92. The van der Waals surface area contributed by atoms with Gasteiger partial charge in [0.1, 0.15) is 6.04 Å². The number of nitrogens with zero attached hydrogens (tertiary/aromatic N) is 1. The Kier molecular flexibility index (Phi) is 6.63. The zero-order chi connectivity index (χ0) is 17.7. The SMILES string of the molecule is CNC1CCCN(C(=O)C(NC(=O)c2ccc(Cl)cc2)C(C)C)C1. The number of hydrogen-bond donors (Lipinski definition) is 2. The molecule has 2 amide bonds. The van der Waals surface area contributed by atoms with Crippen LogP contribution >= 0.6 is 11.6 Å². The van der Waals surface area contributed by atoms with Gasteiger partial charge in [0, 0.05) is 29.7 Å². The maximum Gasteiger partial charge on any atom is 0.251 e. The summed E-state index contributed by atoms with van der Waals surface area (Å²) in [5.74, 6) is -0.239. The number of nitrogens with one attached hydrogen (secondary N) is 2. The fourth-order valence-electron chi connectivity index (χ4n) is 2.95. The van der Waals surface area contributed by atoms with Gasteiger partial charge >= 0.3 is 0 Å². The van der Waals surface area contributed by atoms with Crippen molar-refractivity contribution in [2.24, 2.45) is 5.92 Å². The topological polar surface area (TPSA) is 61.4 Å². The molecule has 0 spiro atoms. The Morgan fingerprint density at radius 3 is 2.50 bits per heavy atom. The minimum absolute atomic E-state index is 0.00716. The lowest BCUT2D eigenvalue weighted by molar-refractivity contribution is -0.135. The third-order valence-corrected chi connectivity index (χ3v) is 4.72. The van der Waals surface area contributed by atoms with Crippen LogP contribution in [0.1, 0.15) is 37.0 Å². The number of hydrogen-bond acceptors (Lipinski definition) is 3. The second-order valence-corrected chi connectivity index (χ2v) is 7.05. The highest BCUT2D eigenvalue weighted by Crippen LogP contribution is 2.15. The first kappa shape index (κ1) is 18.7. The molecule has 0 radical (unpaired) electrons. The van der Waals surface area contributed by atoms with E-state index in [0.29, 0.717) is 23.2 Å². The molecular weight excluding hydrogens is 326 g/mol. The van der Waals surface area contributed by atoms with Gasteiger partial charge in [-0.3, -0.25) is 9.59 Å². The molecule has 1 aliphatic rings. The largest absolute Gasteiger partial charge is 0.340 e. The van der Waals surface area contributed by atoms with E-state index in [1.54, 1.807) is 24.3 Å². The Balaban J connectivity index is 2.06. The average Bonchev–Trinajstić information content (AvgIpc) is 2.59. The van der Waals surface area contributed by atoms with E-state index >= 15 is 0 Å². The minimum Gasteiger partial charge on any atom is -0.340 e. The molecule has 2 rings (SSSR count). The maximum atomic E-state index is 12.9. The summed E-state index contributed by atoms with van der Waals surface area (Å²) in [4.78, 5) is 27.2. The van der Waals surface area contributed by atoms with Gasteiger partial charge in [0.2, 0.25) is 5.91 Å². The van der Waals surface area contributed by atoms with Crippen molar-refractivity contribution in [3.63, 3.8) is 0 Å². The smallest absolute Gasteiger partial charge is 0.251 e. The zero-order valence-electron chi connectivity index (χ0n) is 14.5. The van der Waals surface area contributed by atoms with Gasteiger partial charge < -0.3 is 15.5 Å². The van der Waals surface area contributed by atoms with Crippen LogP contribution < -0.4 is 10.6 Å². The summed E-state index contributed by atoms with van der Waals surface area (Å²) < 4.78 is 0. The Bertz CT molecular complexity index is 574. The second-order valence-electron chi connectivity index (χ2n) is 6.61. The Labute approximate surface area is 148 Å². The van der Waals surface area contributed by atoms with Gasteiger partial charge in [-0.2, -0.15) is 0 Å². The van der Waals surface area contributed by atoms with Crippen molar-refractivity contribution in [1.82, 2.24) is 15.5 Å². The molecule has 6 heteroatoms. The van der Waals surface area contributed by atoms with E-state index in [4.69, 9.17) is 11.6 Å². The lowest BCUT2D eigenvalue weighted by Gasteiger charge is -2.36. The third kappa shape index (κ3) is 4.71. The first-order valence-electron chi connectivity index (χ1n) is 8.45. The summed E-state index contributed by atoms with van der Waals surface area (Å²) in [6, 6.07) is 6.47. The third-order valence-electron chi connectivity index (χ3n) is 4.47. The number of piperidine rings is 1. The standard InChI is InChI=1S/C18H26ClN3O2/c1-12(2)16(18(24)22-10-4-5-15(11-22)20-3)21-17(23)13-6-8-14(19)9-7-13/h6-9,12,15-16,20H,4-5,10-11H2,1-3H3,(H,21,23). The van der Waals surface area contributed by atoms with Crippen LogP contribution in [-0.4, -0.2) is 48.9 Å². The number of carbonyl (C=O) groups is 2. The lowest BCUT2D eigenvalue weighted by Crippen LogP contribution is -2.55. The summed E-state index contributed by atoms with van der Waals surface area (Å²) in [6.45, 7) is 5.33. The highest BCUT2D eigenvalue weighted by molar-refractivity contribution is 6.30. The predicted octanol–water partition coefficient (Wildman–Crippen LogP) is 2.30. The highest BCUT2D eigenvalue weighted by Gasteiger charge is 2.31. The summed E-state index contributed by atoms with van der Waals surface area (Å²) in [5, 5.41) is 6.70. The molecule has 1 heterocycles. The van der Waals surface area contributed by atoms with Crippen molar-refractivity contribution in [3.05, 3.63) is 34.9 Å². The molecule has 2 atom stereocenters. The van der Waals surface area contributed by atoms with Gasteiger partial charge in [0.25, 0.3) is 5.91 Å². The summed E-state index contributed by atoms with van der Waals surface area (Å²) in [5.41, 5.74) is 0.504. The molecule has 0 aromatic heterocycles. The fourth-order valence-corrected chi connectivity index (χ4v) is 3.08. The van der Waals surface area contributed by atoms with Crippen LogP contribution in [0.5, 0.6) is 0 Å². The van der Waals surface area contributed by atoms with E-state index in [-0.39, 0.29) is 17.7 Å². The molecule has 1 aliphatic heterocycles. The van der Waals surface area contributed by atoms with E-state index in [9.17, 15) is 9.59 Å². The molecule has 0 saturated carbocycles. The van der Waals surface area contributed by atoms with Crippen molar-refractivity contribution in [2.45, 2.75) is 38.8 Å². The van der Waals surface area contributed by atoms with Crippen molar-refractivity contribution in [3.8, 4) is 0 Å². The number of carbonyl (C=O) groups excluding carboxylic acids is 2. The molecule has 24 heavy (non-hydrogen) atoms. The van der Waals surface area contributed by atoms with Crippen LogP contribution in [0.25, 0.3) is 0 Å². The van der Waals surface area contributed by atoms with Crippen LogP contribution in [0.2, 0.25) is 5.02 Å². The Morgan fingerprint density at radius 2 is 1.92 bits per heavy atom. The predicted molar refractivity (Wildman–Crippen MR) is 96.2 cm³/mol. The van der Waals surface area contributed by atoms with Gasteiger partial charge in [-0.05, 0) is 50.1 Å². The summed E-state index contributed by atoms with van der Waals surface area (Å²) >= 11 is 5.85. The van der Waals surface area contributed by atoms with Gasteiger partial charge in [0.15, 0.2) is 0 Å². The first-order valence-corrected chi connectivity index (χ1v) is 8.82. The summed E-state index contributed by atoms with van der Waals surface area (Å²) in [6.07, 6.45) is 2.05. The molecule has 2 unspecified atom stereocenters. The van der Waals surface area contributed by atoms with E-state index in [1.165, 1.54) is 0 Å². The normalized spacial score (nSPS) is 19.2. The van der Waals surface area contributed by atoms with E-state index in [0.717, 1.165) is 19.4 Å². The van der Waals surface area contributed by atoms with Gasteiger partial charge in [-0.1, -0.05) is 25.4 Å². The van der Waals surface area contributed by atoms with Crippen molar-refractivity contribution < 1.29 is 9.59 Å². The number of likely N-dealkylation sites (tertiary alicyclic amines) is 1. The fraction of sp³-hybridized carbons (Fsp3) is 0.556. The molecule has 0 bridgehead atoms.